The summed E-state index contributed by atoms with van der Waals surface area (Å²) in [6.07, 6.45) is 4.09. The molecule has 2 saturated heterocycles. The fourth-order valence-corrected chi connectivity index (χ4v) is 3.69. The van der Waals surface area contributed by atoms with E-state index >= 15 is 0 Å². The lowest BCUT2D eigenvalue weighted by atomic mass is 9.98. The number of piperazine rings is 1. The molecule has 0 bridgehead atoms. The summed E-state index contributed by atoms with van der Waals surface area (Å²) >= 11 is 0. The topological polar surface area (TPSA) is 64.3 Å². The standard InChI is InChI=1S/C18H29N5O2.HI/c1-19-18(20-13-15-5-3-7-21(2)14-15)23-10-8-22(9-11-23)17(24)16-6-4-12-25-16;/h4,6,12,15H,3,5,7-11,13-14H2,1-2H3,(H,19,20);1H. The number of aliphatic imine (C=N–C) groups is 1. The number of amides is 1. The highest BCUT2D eigenvalue weighted by atomic mass is 127. The van der Waals surface area contributed by atoms with Crippen LogP contribution >= 0.6 is 24.0 Å². The largest absolute Gasteiger partial charge is 0.459 e. The molecule has 3 heterocycles. The second-order valence-corrected chi connectivity index (χ2v) is 6.96. The lowest BCUT2D eigenvalue weighted by Gasteiger charge is -2.37. The number of nitrogens with zero attached hydrogens (tertiary/aromatic N) is 4. The molecule has 8 heteroatoms. The van der Waals surface area contributed by atoms with E-state index in [0.29, 0.717) is 24.8 Å². The number of nitrogens with one attached hydrogen (secondary N) is 1. The van der Waals surface area contributed by atoms with E-state index < -0.39 is 0 Å². The molecule has 146 valence electrons. The molecule has 1 unspecified atom stereocenters. The van der Waals surface area contributed by atoms with Gasteiger partial charge in [-0.05, 0) is 44.5 Å². The van der Waals surface area contributed by atoms with E-state index in [1.54, 1.807) is 12.1 Å². The van der Waals surface area contributed by atoms with Crippen LogP contribution in [0.2, 0.25) is 0 Å². The van der Waals surface area contributed by atoms with Gasteiger partial charge in [0.25, 0.3) is 5.91 Å². The van der Waals surface area contributed by atoms with Gasteiger partial charge in [0.05, 0.1) is 6.26 Å². The highest BCUT2D eigenvalue weighted by molar-refractivity contribution is 14.0. The molecule has 3 rings (SSSR count). The van der Waals surface area contributed by atoms with Crippen molar-refractivity contribution in [3.05, 3.63) is 24.2 Å². The molecule has 0 spiro atoms. The zero-order valence-electron chi connectivity index (χ0n) is 15.7. The van der Waals surface area contributed by atoms with Crippen molar-refractivity contribution < 1.29 is 9.21 Å². The minimum Gasteiger partial charge on any atom is -0.459 e. The van der Waals surface area contributed by atoms with Crippen molar-refractivity contribution in [3.8, 4) is 0 Å². The third-order valence-electron chi connectivity index (χ3n) is 5.08. The Bertz CT molecular complexity index is 584. The zero-order chi connectivity index (χ0) is 17.6. The van der Waals surface area contributed by atoms with E-state index in [1.165, 1.54) is 25.6 Å². The van der Waals surface area contributed by atoms with Gasteiger partial charge in [-0.25, -0.2) is 0 Å². The summed E-state index contributed by atoms with van der Waals surface area (Å²) in [4.78, 5) is 23.2. The van der Waals surface area contributed by atoms with Crippen molar-refractivity contribution in [1.82, 2.24) is 20.0 Å². The lowest BCUT2D eigenvalue weighted by Crippen LogP contribution is -2.54. The molecule has 2 aliphatic heterocycles. The second kappa shape index (κ2) is 10.1. The maximum absolute atomic E-state index is 12.3. The first kappa shape index (κ1) is 21.0. The van der Waals surface area contributed by atoms with Gasteiger partial charge in [-0.3, -0.25) is 9.79 Å². The number of guanidine groups is 1. The molecule has 0 radical (unpaired) electrons. The first-order chi connectivity index (χ1) is 12.2. The van der Waals surface area contributed by atoms with Crippen LogP contribution in [0.1, 0.15) is 23.4 Å². The summed E-state index contributed by atoms with van der Waals surface area (Å²) in [7, 11) is 4.02. The van der Waals surface area contributed by atoms with Crippen LogP contribution in [-0.4, -0.2) is 86.5 Å². The summed E-state index contributed by atoms with van der Waals surface area (Å²) in [5.74, 6) is 2.01. The van der Waals surface area contributed by atoms with Crippen LogP contribution in [0.15, 0.2) is 27.8 Å². The average Bonchev–Trinajstić information content (AvgIpc) is 3.17. The van der Waals surface area contributed by atoms with E-state index in [9.17, 15) is 4.79 Å². The van der Waals surface area contributed by atoms with E-state index in [0.717, 1.165) is 32.1 Å². The molecule has 0 saturated carbocycles. The van der Waals surface area contributed by atoms with Gasteiger partial charge in [0, 0.05) is 46.3 Å². The first-order valence-corrected chi connectivity index (χ1v) is 9.14. The minimum atomic E-state index is -0.0298. The predicted molar refractivity (Wildman–Crippen MR) is 113 cm³/mol. The van der Waals surface area contributed by atoms with Crippen molar-refractivity contribution >= 4 is 35.8 Å². The summed E-state index contributed by atoms with van der Waals surface area (Å²) < 4.78 is 5.21. The second-order valence-electron chi connectivity index (χ2n) is 6.96. The molecular weight excluding hydrogens is 445 g/mol. The van der Waals surface area contributed by atoms with E-state index in [-0.39, 0.29) is 29.9 Å². The van der Waals surface area contributed by atoms with Crippen LogP contribution in [0.25, 0.3) is 0 Å². The Hall–Kier alpha value is -1.29. The van der Waals surface area contributed by atoms with Crippen molar-refractivity contribution in [2.45, 2.75) is 12.8 Å². The van der Waals surface area contributed by atoms with Crippen molar-refractivity contribution in [2.75, 3.05) is 59.9 Å². The average molecular weight is 475 g/mol. The number of likely N-dealkylation sites (tertiary alicyclic amines) is 1. The highest BCUT2D eigenvalue weighted by Gasteiger charge is 2.25. The van der Waals surface area contributed by atoms with Gasteiger partial charge in [-0.2, -0.15) is 0 Å². The molecule has 1 aromatic heterocycles. The summed E-state index contributed by atoms with van der Waals surface area (Å²) in [6.45, 7) is 6.26. The Balaban J connectivity index is 0.00000243. The summed E-state index contributed by atoms with van der Waals surface area (Å²) in [6, 6.07) is 3.47. The van der Waals surface area contributed by atoms with Crippen LogP contribution in [0, 0.1) is 5.92 Å². The monoisotopic (exact) mass is 475 g/mol. The Kier molecular flexibility index (Phi) is 8.20. The molecule has 1 N–H and O–H groups in total. The molecule has 2 fully saturated rings. The first-order valence-electron chi connectivity index (χ1n) is 9.14. The van der Waals surface area contributed by atoms with E-state index in [2.05, 4.69) is 27.2 Å². The molecule has 7 nitrogen and oxygen atoms in total. The van der Waals surface area contributed by atoms with Gasteiger partial charge >= 0.3 is 0 Å². The maximum atomic E-state index is 12.3. The number of piperidine rings is 1. The van der Waals surface area contributed by atoms with Crippen molar-refractivity contribution in [1.29, 1.82) is 0 Å². The third kappa shape index (κ3) is 5.35. The Labute approximate surface area is 172 Å². The predicted octanol–water partition coefficient (Wildman–Crippen LogP) is 1.57. The fraction of sp³-hybridized carbons (Fsp3) is 0.667. The normalized spacial score (nSPS) is 22.1. The van der Waals surface area contributed by atoms with E-state index in [4.69, 9.17) is 4.42 Å². The number of hydrogen-bond donors (Lipinski definition) is 1. The van der Waals surface area contributed by atoms with E-state index in [1.807, 2.05) is 11.9 Å². The SMILES string of the molecule is CN=C(NCC1CCCN(C)C1)N1CCN(C(=O)c2ccco2)CC1.I. The van der Waals surface area contributed by atoms with Crippen LogP contribution in [0.4, 0.5) is 0 Å². The number of rotatable bonds is 3. The summed E-state index contributed by atoms with van der Waals surface area (Å²) in [5, 5.41) is 3.53. The smallest absolute Gasteiger partial charge is 0.289 e. The maximum Gasteiger partial charge on any atom is 0.289 e. The fourth-order valence-electron chi connectivity index (χ4n) is 3.69. The molecule has 26 heavy (non-hydrogen) atoms. The zero-order valence-corrected chi connectivity index (χ0v) is 18.0. The molecule has 0 aliphatic carbocycles. The van der Waals surface area contributed by atoms with Gasteiger partial charge < -0.3 is 24.4 Å². The van der Waals surface area contributed by atoms with Gasteiger partial charge in [0.15, 0.2) is 11.7 Å². The Morgan fingerprint density at radius 1 is 1.27 bits per heavy atom. The Morgan fingerprint density at radius 3 is 2.62 bits per heavy atom. The number of carbonyl (C=O) groups excluding carboxylic acids is 1. The molecular formula is C18H30IN5O2. The van der Waals surface area contributed by atoms with Gasteiger partial charge in [0.2, 0.25) is 0 Å². The van der Waals surface area contributed by atoms with Crippen LogP contribution in [0.5, 0.6) is 0 Å². The summed E-state index contributed by atoms with van der Waals surface area (Å²) in [5.41, 5.74) is 0. The molecule has 1 atom stereocenters. The molecule has 1 aromatic rings. The molecule has 1 amide bonds. The van der Waals surface area contributed by atoms with Crippen LogP contribution in [-0.2, 0) is 0 Å². The van der Waals surface area contributed by atoms with Crippen molar-refractivity contribution in [2.24, 2.45) is 10.9 Å². The van der Waals surface area contributed by atoms with Crippen LogP contribution in [0.3, 0.4) is 0 Å². The Morgan fingerprint density at radius 2 is 2.00 bits per heavy atom. The number of hydrogen-bond acceptors (Lipinski definition) is 4. The minimum absolute atomic E-state index is 0. The van der Waals surface area contributed by atoms with Gasteiger partial charge in [-0.1, -0.05) is 0 Å². The third-order valence-corrected chi connectivity index (χ3v) is 5.08. The lowest BCUT2D eigenvalue weighted by molar-refractivity contribution is 0.0657. The highest BCUT2D eigenvalue weighted by Crippen LogP contribution is 2.14. The number of furan rings is 1. The van der Waals surface area contributed by atoms with Crippen LogP contribution < -0.4 is 5.32 Å². The number of halogens is 1. The number of carbonyl (C=O) groups is 1. The van der Waals surface area contributed by atoms with Gasteiger partial charge in [0.1, 0.15) is 0 Å². The van der Waals surface area contributed by atoms with Crippen molar-refractivity contribution in [3.63, 3.8) is 0 Å². The quantitative estimate of drug-likeness (QED) is 0.409. The van der Waals surface area contributed by atoms with Gasteiger partial charge in [-0.15, -0.1) is 24.0 Å². The molecule has 2 aliphatic rings. The molecule has 0 aromatic carbocycles.